The second-order valence-corrected chi connectivity index (χ2v) is 4.76. The van der Waals surface area contributed by atoms with Gasteiger partial charge in [0.2, 0.25) is 0 Å². The van der Waals surface area contributed by atoms with Crippen LogP contribution in [0, 0.1) is 0 Å². The minimum absolute atomic E-state index is 0.173. The van der Waals surface area contributed by atoms with Crippen molar-refractivity contribution in [2.75, 3.05) is 0 Å². The first kappa shape index (κ1) is 12.1. The number of benzene rings is 1. The maximum Gasteiger partial charge on any atom is 0.303 e. The third-order valence-electron chi connectivity index (χ3n) is 3.51. The molecule has 0 radical (unpaired) electrons. The molecule has 0 aliphatic heterocycles. The zero-order chi connectivity index (χ0) is 12.3. The van der Waals surface area contributed by atoms with Crippen LogP contribution in [0.1, 0.15) is 42.7 Å². The molecule has 17 heavy (non-hydrogen) atoms. The van der Waals surface area contributed by atoms with Gasteiger partial charge in [-0.15, -0.1) is 0 Å². The number of hydrogen-bond donors (Lipinski definition) is 2. The van der Waals surface area contributed by atoms with Crippen LogP contribution in [0.3, 0.4) is 0 Å². The maximum absolute atomic E-state index is 10.6. The molecule has 0 amide bonds. The van der Waals surface area contributed by atoms with E-state index in [1.165, 1.54) is 5.56 Å². The molecule has 1 aromatic rings. The Morgan fingerprint density at radius 3 is 2.71 bits per heavy atom. The molecular weight excluding hydrogens is 216 g/mol. The Morgan fingerprint density at radius 1 is 1.29 bits per heavy atom. The van der Waals surface area contributed by atoms with Crippen molar-refractivity contribution in [1.82, 2.24) is 0 Å². The summed E-state index contributed by atoms with van der Waals surface area (Å²) in [5.41, 5.74) is 2.35. The zero-order valence-corrected chi connectivity index (χ0v) is 9.80. The summed E-state index contributed by atoms with van der Waals surface area (Å²) >= 11 is 0. The monoisotopic (exact) mass is 234 g/mol. The number of aryl methyl sites for hydroxylation is 1. The number of carbonyl (C=O) groups is 1. The number of aliphatic hydroxyl groups is 1. The lowest BCUT2D eigenvalue weighted by Gasteiger charge is -2.14. The van der Waals surface area contributed by atoms with Gasteiger partial charge in [0, 0.05) is 6.42 Å². The molecule has 1 saturated carbocycles. The quantitative estimate of drug-likeness (QED) is 0.840. The van der Waals surface area contributed by atoms with Gasteiger partial charge in [-0.3, -0.25) is 4.79 Å². The molecule has 2 N–H and O–H groups in total. The summed E-state index contributed by atoms with van der Waals surface area (Å²) in [6.45, 7) is 0. The van der Waals surface area contributed by atoms with Crippen molar-refractivity contribution in [1.29, 1.82) is 0 Å². The SMILES string of the molecule is O=C(O)CCc1ccccc1C1CCC(O)C1. The van der Waals surface area contributed by atoms with Crippen LogP contribution in [0.2, 0.25) is 0 Å². The standard InChI is InChI=1S/C14H18O3/c15-12-7-5-11(9-12)13-4-2-1-3-10(13)6-8-14(16)17/h1-4,11-12,15H,5-9H2,(H,16,17). The summed E-state index contributed by atoms with van der Waals surface area (Å²) in [7, 11) is 0. The Balaban J connectivity index is 2.12. The highest BCUT2D eigenvalue weighted by atomic mass is 16.4. The van der Waals surface area contributed by atoms with Gasteiger partial charge in [-0.1, -0.05) is 24.3 Å². The number of carboxylic acids is 1. The van der Waals surface area contributed by atoms with Crippen LogP contribution < -0.4 is 0 Å². The van der Waals surface area contributed by atoms with Crippen molar-refractivity contribution < 1.29 is 15.0 Å². The Morgan fingerprint density at radius 2 is 2.06 bits per heavy atom. The second-order valence-electron chi connectivity index (χ2n) is 4.76. The molecular formula is C14H18O3. The molecule has 1 aliphatic carbocycles. The van der Waals surface area contributed by atoms with Gasteiger partial charge in [-0.05, 0) is 42.7 Å². The number of carboxylic acid groups (broad SMARTS) is 1. The van der Waals surface area contributed by atoms with Crippen LogP contribution in [-0.4, -0.2) is 22.3 Å². The van der Waals surface area contributed by atoms with Crippen molar-refractivity contribution >= 4 is 5.97 Å². The number of aliphatic hydroxyl groups excluding tert-OH is 1. The molecule has 0 bridgehead atoms. The Hall–Kier alpha value is -1.35. The van der Waals surface area contributed by atoms with Crippen molar-refractivity contribution in [2.45, 2.75) is 44.1 Å². The average molecular weight is 234 g/mol. The molecule has 1 aliphatic rings. The van der Waals surface area contributed by atoms with Crippen molar-refractivity contribution in [3.05, 3.63) is 35.4 Å². The Kier molecular flexibility index (Phi) is 3.79. The van der Waals surface area contributed by atoms with E-state index in [9.17, 15) is 9.90 Å². The fourth-order valence-electron chi connectivity index (χ4n) is 2.64. The van der Waals surface area contributed by atoms with E-state index in [0.29, 0.717) is 12.3 Å². The second kappa shape index (κ2) is 5.32. The highest BCUT2D eigenvalue weighted by Gasteiger charge is 2.25. The Bertz CT molecular complexity index is 400. The van der Waals surface area contributed by atoms with E-state index in [1.54, 1.807) is 0 Å². The van der Waals surface area contributed by atoms with Gasteiger partial charge < -0.3 is 10.2 Å². The molecule has 0 heterocycles. The van der Waals surface area contributed by atoms with Crippen LogP contribution >= 0.6 is 0 Å². The van der Waals surface area contributed by atoms with Gasteiger partial charge in [-0.2, -0.15) is 0 Å². The first-order valence-electron chi connectivity index (χ1n) is 6.14. The van der Waals surface area contributed by atoms with Crippen LogP contribution in [0.4, 0.5) is 0 Å². The predicted octanol–water partition coefficient (Wildman–Crippen LogP) is 2.33. The topological polar surface area (TPSA) is 57.5 Å². The summed E-state index contributed by atoms with van der Waals surface area (Å²) in [6, 6.07) is 8.01. The van der Waals surface area contributed by atoms with Crippen molar-refractivity contribution in [2.24, 2.45) is 0 Å². The fourth-order valence-corrected chi connectivity index (χ4v) is 2.64. The summed E-state index contributed by atoms with van der Waals surface area (Å²) < 4.78 is 0. The number of rotatable bonds is 4. The van der Waals surface area contributed by atoms with Crippen LogP contribution in [0.15, 0.2) is 24.3 Å². The first-order valence-corrected chi connectivity index (χ1v) is 6.14. The van der Waals surface area contributed by atoms with E-state index < -0.39 is 5.97 Å². The van der Waals surface area contributed by atoms with Crippen LogP contribution in [-0.2, 0) is 11.2 Å². The van der Waals surface area contributed by atoms with Gasteiger partial charge in [-0.25, -0.2) is 0 Å². The number of aliphatic carboxylic acids is 1. The van der Waals surface area contributed by atoms with Crippen molar-refractivity contribution in [3.8, 4) is 0 Å². The summed E-state index contributed by atoms with van der Waals surface area (Å²) in [5.74, 6) is -0.360. The average Bonchev–Trinajstić information content (AvgIpc) is 2.73. The van der Waals surface area contributed by atoms with Crippen LogP contribution in [0.5, 0.6) is 0 Å². The highest BCUT2D eigenvalue weighted by Crippen LogP contribution is 2.36. The van der Waals surface area contributed by atoms with Crippen LogP contribution in [0.25, 0.3) is 0 Å². The minimum Gasteiger partial charge on any atom is -0.481 e. The third-order valence-corrected chi connectivity index (χ3v) is 3.51. The lowest BCUT2D eigenvalue weighted by atomic mass is 9.91. The third kappa shape index (κ3) is 3.07. The largest absolute Gasteiger partial charge is 0.481 e. The van der Waals surface area contributed by atoms with Gasteiger partial charge in [0.1, 0.15) is 0 Å². The molecule has 0 saturated heterocycles. The van der Waals surface area contributed by atoms with E-state index in [4.69, 9.17) is 5.11 Å². The number of hydrogen-bond acceptors (Lipinski definition) is 2. The molecule has 3 nitrogen and oxygen atoms in total. The summed E-state index contributed by atoms with van der Waals surface area (Å²) in [4.78, 5) is 10.6. The normalized spacial score (nSPS) is 23.8. The maximum atomic E-state index is 10.6. The first-order chi connectivity index (χ1) is 8.16. The lowest BCUT2D eigenvalue weighted by molar-refractivity contribution is -0.136. The molecule has 2 atom stereocenters. The highest BCUT2D eigenvalue weighted by molar-refractivity contribution is 5.67. The van der Waals surface area contributed by atoms with E-state index in [2.05, 4.69) is 6.07 Å². The van der Waals surface area contributed by atoms with Gasteiger partial charge in [0.25, 0.3) is 0 Å². The van der Waals surface area contributed by atoms with E-state index in [1.807, 2.05) is 18.2 Å². The van der Waals surface area contributed by atoms with Gasteiger partial charge in [0.15, 0.2) is 0 Å². The molecule has 2 unspecified atom stereocenters. The molecule has 1 aromatic carbocycles. The Labute approximate surface area is 101 Å². The van der Waals surface area contributed by atoms with E-state index in [0.717, 1.165) is 24.8 Å². The van der Waals surface area contributed by atoms with Gasteiger partial charge >= 0.3 is 5.97 Å². The summed E-state index contributed by atoms with van der Waals surface area (Å²) in [6.07, 6.45) is 3.24. The van der Waals surface area contributed by atoms with E-state index in [-0.39, 0.29) is 12.5 Å². The minimum atomic E-state index is -0.758. The van der Waals surface area contributed by atoms with E-state index >= 15 is 0 Å². The predicted molar refractivity (Wildman–Crippen MR) is 65.0 cm³/mol. The smallest absolute Gasteiger partial charge is 0.303 e. The van der Waals surface area contributed by atoms with Gasteiger partial charge in [0.05, 0.1) is 6.10 Å². The molecule has 2 rings (SSSR count). The molecule has 3 heteroatoms. The molecule has 1 fully saturated rings. The lowest BCUT2D eigenvalue weighted by Crippen LogP contribution is -2.04. The molecule has 0 aromatic heterocycles. The molecule has 0 spiro atoms. The molecule has 92 valence electrons. The van der Waals surface area contributed by atoms with Crippen molar-refractivity contribution in [3.63, 3.8) is 0 Å². The fraction of sp³-hybridized carbons (Fsp3) is 0.500. The zero-order valence-electron chi connectivity index (χ0n) is 9.80. The summed E-state index contributed by atoms with van der Waals surface area (Å²) in [5, 5.41) is 18.3.